The largest absolute Gasteiger partial charge is 0.494 e. The molecule has 0 spiro atoms. The van der Waals surface area contributed by atoms with Gasteiger partial charge >= 0.3 is 0 Å². The number of aryl methyl sites for hydroxylation is 1. The number of β-amino-alcohol motifs (C(OH)–C–C–N with tert-alkyl or cyclic N) is 1. The fraction of sp³-hybridized carbons (Fsp3) is 0.400. The molecule has 2 aromatic carbocycles. The fourth-order valence-electron chi connectivity index (χ4n) is 3.84. The van der Waals surface area contributed by atoms with Crippen molar-refractivity contribution in [2.24, 2.45) is 0 Å². The first-order chi connectivity index (χ1) is 16.1. The van der Waals surface area contributed by atoms with Crippen molar-refractivity contribution >= 4 is 11.6 Å². The molecular weight excluding hydrogens is 442 g/mol. The van der Waals surface area contributed by atoms with Crippen LogP contribution in [0.25, 0.3) is 0 Å². The maximum absolute atomic E-state index is 11.2. The van der Waals surface area contributed by atoms with Crippen molar-refractivity contribution in [2.45, 2.75) is 25.1 Å². The second-order valence-corrected chi connectivity index (χ2v) is 8.82. The van der Waals surface area contributed by atoms with Crippen molar-refractivity contribution in [2.75, 3.05) is 39.5 Å². The zero-order valence-corrected chi connectivity index (χ0v) is 19.4. The van der Waals surface area contributed by atoms with Gasteiger partial charge in [-0.05, 0) is 42.3 Å². The average Bonchev–Trinajstić information content (AvgIpc) is 3.25. The molecule has 0 saturated carbocycles. The van der Waals surface area contributed by atoms with Gasteiger partial charge in [-0.15, -0.1) is 0 Å². The Kier molecular flexibility index (Phi) is 8.23. The molecule has 1 N–H and O–H groups in total. The number of hydrogen-bond donors (Lipinski definition) is 1. The van der Waals surface area contributed by atoms with Gasteiger partial charge in [0.15, 0.2) is 0 Å². The molecule has 1 aliphatic rings. The van der Waals surface area contributed by atoms with Crippen LogP contribution in [0.4, 0.5) is 0 Å². The summed E-state index contributed by atoms with van der Waals surface area (Å²) in [5, 5.41) is 11.7. The summed E-state index contributed by atoms with van der Waals surface area (Å²) < 4.78 is 19.5. The van der Waals surface area contributed by atoms with E-state index in [-0.39, 0.29) is 13.2 Å². The molecule has 0 bridgehead atoms. The summed E-state index contributed by atoms with van der Waals surface area (Å²) in [6.07, 6.45) is 6.45. The molecule has 8 heteroatoms. The smallest absolute Gasteiger partial charge is 0.134 e. The van der Waals surface area contributed by atoms with E-state index >= 15 is 0 Å². The standard InChI is InChI=1S/C25H30ClN3O4/c26-22-5-2-7-24(15-22)33-19-25(30)17-29(11-13-31-18-25)16-21-4-1-6-23(14-21)32-12-3-9-28-10-8-27-20-28/h1-2,4-8,10,14-15,20,30H,3,9,11-13,16-19H2. The summed E-state index contributed by atoms with van der Waals surface area (Å²) >= 11 is 6.03. The Morgan fingerprint density at radius 3 is 2.79 bits per heavy atom. The highest BCUT2D eigenvalue weighted by molar-refractivity contribution is 6.30. The molecule has 7 nitrogen and oxygen atoms in total. The molecule has 3 aromatic rings. The summed E-state index contributed by atoms with van der Waals surface area (Å²) in [5.74, 6) is 1.48. The van der Waals surface area contributed by atoms with E-state index in [0.29, 0.717) is 37.1 Å². The normalized spacial score (nSPS) is 19.2. The second-order valence-electron chi connectivity index (χ2n) is 8.38. The monoisotopic (exact) mass is 471 g/mol. The number of aromatic nitrogens is 2. The number of hydrogen-bond acceptors (Lipinski definition) is 6. The molecule has 1 aromatic heterocycles. The van der Waals surface area contributed by atoms with Gasteiger partial charge in [-0.3, -0.25) is 4.90 Å². The Labute approximate surface area is 199 Å². The molecule has 0 amide bonds. The number of aliphatic hydroxyl groups is 1. The van der Waals surface area contributed by atoms with Crippen LogP contribution in [-0.4, -0.2) is 64.7 Å². The SMILES string of the molecule is OC1(COc2cccc(Cl)c2)COCCN(Cc2cccc(OCCCn3ccnc3)c2)C1. The first-order valence-electron chi connectivity index (χ1n) is 11.2. The molecule has 0 radical (unpaired) electrons. The number of rotatable bonds is 10. The topological polar surface area (TPSA) is 69.0 Å². The van der Waals surface area contributed by atoms with Crippen LogP contribution in [0.5, 0.6) is 11.5 Å². The molecule has 33 heavy (non-hydrogen) atoms. The number of halogens is 1. The summed E-state index contributed by atoms with van der Waals surface area (Å²) in [5.41, 5.74) is 0.0161. The molecule has 4 rings (SSSR count). The number of nitrogens with zero attached hydrogens (tertiary/aromatic N) is 3. The molecule has 1 saturated heterocycles. The zero-order chi connectivity index (χ0) is 22.9. The van der Waals surface area contributed by atoms with Crippen LogP contribution in [0.1, 0.15) is 12.0 Å². The van der Waals surface area contributed by atoms with Crippen molar-refractivity contribution in [3.63, 3.8) is 0 Å². The minimum atomic E-state index is -1.11. The lowest BCUT2D eigenvalue weighted by molar-refractivity contribution is -0.0646. The van der Waals surface area contributed by atoms with Gasteiger partial charge in [-0.2, -0.15) is 0 Å². The summed E-state index contributed by atoms with van der Waals surface area (Å²) in [4.78, 5) is 6.24. The fourth-order valence-corrected chi connectivity index (χ4v) is 4.02. The van der Waals surface area contributed by atoms with Gasteiger partial charge < -0.3 is 23.9 Å². The highest BCUT2D eigenvalue weighted by Crippen LogP contribution is 2.22. The highest BCUT2D eigenvalue weighted by atomic mass is 35.5. The van der Waals surface area contributed by atoms with Gasteiger partial charge in [0.1, 0.15) is 23.7 Å². The van der Waals surface area contributed by atoms with Crippen molar-refractivity contribution < 1.29 is 19.3 Å². The van der Waals surface area contributed by atoms with Crippen LogP contribution >= 0.6 is 11.6 Å². The Balaban J connectivity index is 1.29. The van der Waals surface area contributed by atoms with Gasteiger partial charge in [0.25, 0.3) is 0 Å². The number of ether oxygens (including phenoxy) is 3. The maximum atomic E-state index is 11.2. The maximum Gasteiger partial charge on any atom is 0.134 e. The predicted octanol–water partition coefficient (Wildman–Crippen LogP) is 3.65. The third-order valence-electron chi connectivity index (χ3n) is 5.44. The van der Waals surface area contributed by atoms with E-state index in [2.05, 4.69) is 22.0 Å². The van der Waals surface area contributed by atoms with Gasteiger partial charge in [-0.1, -0.05) is 29.8 Å². The van der Waals surface area contributed by atoms with Gasteiger partial charge in [0.2, 0.25) is 0 Å². The minimum Gasteiger partial charge on any atom is -0.494 e. The molecule has 1 atom stereocenters. The first-order valence-corrected chi connectivity index (χ1v) is 11.5. The van der Waals surface area contributed by atoms with E-state index in [1.807, 2.05) is 41.4 Å². The van der Waals surface area contributed by atoms with E-state index < -0.39 is 5.60 Å². The van der Waals surface area contributed by atoms with Crippen molar-refractivity contribution in [3.05, 3.63) is 77.8 Å². The zero-order valence-electron chi connectivity index (χ0n) is 18.6. The highest BCUT2D eigenvalue weighted by Gasteiger charge is 2.33. The van der Waals surface area contributed by atoms with Crippen molar-refractivity contribution in [1.82, 2.24) is 14.5 Å². The molecule has 176 valence electrons. The van der Waals surface area contributed by atoms with Crippen LogP contribution in [0.3, 0.4) is 0 Å². The van der Waals surface area contributed by atoms with E-state index in [4.69, 9.17) is 25.8 Å². The lowest BCUT2D eigenvalue weighted by Crippen LogP contribution is -2.48. The van der Waals surface area contributed by atoms with Crippen molar-refractivity contribution in [1.29, 1.82) is 0 Å². The summed E-state index contributed by atoms with van der Waals surface area (Å²) in [6.45, 7) is 4.30. The lowest BCUT2D eigenvalue weighted by Gasteiger charge is -2.30. The molecule has 1 unspecified atom stereocenters. The quantitative estimate of drug-likeness (QED) is 0.455. The second kappa shape index (κ2) is 11.5. The van der Waals surface area contributed by atoms with Crippen LogP contribution < -0.4 is 9.47 Å². The van der Waals surface area contributed by atoms with Crippen LogP contribution in [0.2, 0.25) is 5.02 Å². The molecule has 1 fully saturated rings. The van der Waals surface area contributed by atoms with Gasteiger partial charge in [-0.25, -0.2) is 4.98 Å². The number of benzene rings is 2. The third-order valence-corrected chi connectivity index (χ3v) is 5.67. The first kappa shape index (κ1) is 23.6. The van der Waals surface area contributed by atoms with E-state index in [9.17, 15) is 5.11 Å². The molecule has 1 aliphatic heterocycles. The van der Waals surface area contributed by atoms with Crippen LogP contribution in [0.15, 0.2) is 67.3 Å². The Morgan fingerprint density at radius 2 is 1.97 bits per heavy atom. The Hall–Kier alpha value is -2.58. The summed E-state index contributed by atoms with van der Waals surface area (Å²) in [7, 11) is 0. The Morgan fingerprint density at radius 1 is 1.12 bits per heavy atom. The summed E-state index contributed by atoms with van der Waals surface area (Å²) in [6, 6.07) is 15.3. The number of imidazole rings is 1. The molecular formula is C25H30ClN3O4. The molecule has 2 heterocycles. The van der Waals surface area contributed by atoms with Gasteiger partial charge in [0.05, 0.1) is 26.1 Å². The van der Waals surface area contributed by atoms with Crippen LogP contribution in [-0.2, 0) is 17.8 Å². The third kappa shape index (κ3) is 7.47. The Bertz CT molecular complexity index is 1000. The average molecular weight is 472 g/mol. The van der Waals surface area contributed by atoms with E-state index in [0.717, 1.165) is 30.8 Å². The lowest BCUT2D eigenvalue weighted by atomic mass is 10.1. The predicted molar refractivity (Wildman–Crippen MR) is 127 cm³/mol. The van der Waals surface area contributed by atoms with Crippen LogP contribution in [0, 0.1) is 0 Å². The van der Waals surface area contributed by atoms with Crippen molar-refractivity contribution in [3.8, 4) is 11.5 Å². The molecule has 0 aliphatic carbocycles. The van der Waals surface area contributed by atoms with E-state index in [1.54, 1.807) is 18.3 Å². The minimum absolute atomic E-state index is 0.129. The van der Waals surface area contributed by atoms with Gasteiger partial charge in [0, 0.05) is 43.6 Å². The van der Waals surface area contributed by atoms with E-state index in [1.165, 1.54) is 0 Å².